The van der Waals surface area contributed by atoms with Gasteiger partial charge in [-0.25, -0.2) is 0 Å². The maximum atomic E-state index is 12.7. The van der Waals surface area contributed by atoms with Gasteiger partial charge in [0, 0.05) is 0 Å². The molecule has 0 amide bonds. The van der Waals surface area contributed by atoms with Crippen LogP contribution in [0.5, 0.6) is 23.0 Å². The Hall–Kier alpha value is -3.67. The highest BCUT2D eigenvalue weighted by Gasteiger charge is 2.21. The molecule has 0 unspecified atom stereocenters. The van der Waals surface area contributed by atoms with Crippen LogP contribution < -0.4 is 18.9 Å². The molecule has 0 saturated heterocycles. The molecule has 3 rings (SSSR count). The maximum absolute atomic E-state index is 12.7. The summed E-state index contributed by atoms with van der Waals surface area (Å²) in [5.74, 6) is 2.14. The van der Waals surface area contributed by atoms with Crippen LogP contribution in [0.1, 0.15) is 37.5 Å². The fourth-order valence-electron chi connectivity index (χ4n) is 3.98. The van der Waals surface area contributed by atoms with Crippen LogP contribution >= 0.6 is 0 Å². The minimum atomic E-state index is -0.572. The van der Waals surface area contributed by atoms with Gasteiger partial charge in [-0.05, 0) is 79.3 Å². The van der Waals surface area contributed by atoms with Gasteiger partial charge in [0.15, 0.2) is 23.0 Å². The number of methoxy groups -OCH3 is 4. The molecule has 3 aromatic carbocycles. The van der Waals surface area contributed by atoms with Crippen molar-refractivity contribution in [3.8, 4) is 34.1 Å². The summed E-state index contributed by atoms with van der Waals surface area (Å²) in [5.41, 5.74) is 4.26. The highest BCUT2D eigenvalue weighted by atomic mass is 16.6. The first-order valence-corrected chi connectivity index (χ1v) is 11.4. The van der Waals surface area contributed by atoms with Gasteiger partial charge < -0.3 is 23.7 Å². The van der Waals surface area contributed by atoms with Crippen molar-refractivity contribution in [3.63, 3.8) is 0 Å². The van der Waals surface area contributed by atoms with Gasteiger partial charge in [-0.1, -0.05) is 30.3 Å². The third-order valence-corrected chi connectivity index (χ3v) is 5.54. The number of carbonyl (C=O) groups excluding carboxylic acids is 1. The molecule has 0 fully saturated rings. The number of benzene rings is 3. The Bertz CT molecular complexity index is 1160. The van der Waals surface area contributed by atoms with E-state index in [9.17, 15) is 4.79 Å². The van der Waals surface area contributed by atoms with E-state index >= 15 is 0 Å². The summed E-state index contributed by atoms with van der Waals surface area (Å²) in [6.45, 7) is 5.57. The van der Waals surface area contributed by atoms with Gasteiger partial charge in [0.05, 0.1) is 34.9 Å². The lowest BCUT2D eigenvalue weighted by Gasteiger charge is -2.21. The molecule has 0 aliphatic carbocycles. The lowest BCUT2D eigenvalue weighted by molar-refractivity contribution is -0.153. The van der Waals surface area contributed by atoms with Crippen LogP contribution in [-0.4, -0.2) is 40.0 Å². The molecular weight excluding hydrogens is 444 g/mol. The quantitative estimate of drug-likeness (QED) is 0.359. The van der Waals surface area contributed by atoms with Crippen LogP contribution in [0.25, 0.3) is 11.1 Å². The summed E-state index contributed by atoms with van der Waals surface area (Å²) in [6.07, 6.45) is 0.643. The molecule has 0 heterocycles. The second-order valence-corrected chi connectivity index (χ2v) is 9.15. The smallest absolute Gasteiger partial charge is 0.310 e. The Labute approximate surface area is 207 Å². The normalized spacial score (nSPS) is 11.1. The molecule has 0 atom stereocenters. The first kappa shape index (κ1) is 25.9. The molecule has 0 radical (unpaired) electrons. The molecule has 3 aromatic rings. The molecular formula is C29H34O6. The van der Waals surface area contributed by atoms with Gasteiger partial charge in [0.1, 0.15) is 5.60 Å². The Morgan fingerprint density at radius 3 is 1.69 bits per heavy atom. The molecule has 0 saturated carbocycles. The fraction of sp³-hybridized carbons (Fsp3) is 0.345. The largest absolute Gasteiger partial charge is 0.493 e. The third kappa shape index (κ3) is 6.47. The molecule has 0 N–H and O–H groups in total. The molecule has 0 aliphatic heterocycles. The highest BCUT2D eigenvalue weighted by Crippen LogP contribution is 2.39. The van der Waals surface area contributed by atoms with Crippen molar-refractivity contribution in [2.24, 2.45) is 0 Å². The molecule has 0 bridgehead atoms. The molecule has 35 heavy (non-hydrogen) atoms. The van der Waals surface area contributed by atoms with Crippen molar-refractivity contribution in [1.82, 2.24) is 0 Å². The summed E-state index contributed by atoms with van der Waals surface area (Å²) >= 11 is 0. The van der Waals surface area contributed by atoms with Crippen molar-refractivity contribution in [2.45, 2.75) is 39.2 Å². The van der Waals surface area contributed by atoms with Gasteiger partial charge >= 0.3 is 5.97 Å². The molecule has 6 heteroatoms. The fourth-order valence-corrected chi connectivity index (χ4v) is 3.98. The molecule has 0 aromatic heterocycles. The van der Waals surface area contributed by atoms with Crippen LogP contribution in [0.3, 0.4) is 0 Å². The van der Waals surface area contributed by atoms with Crippen molar-refractivity contribution in [2.75, 3.05) is 28.4 Å². The maximum Gasteiger partial charge on any atom is 0.310 e. The van der Waals surface area contributed by atoms with Crippen LogP contribution in [0.2, 0.25) is 0 Å². The minimum Gasteiger partial charge on any atom is -0.493 e. The minimum absolute atomic E-state index is 0.112. The van der Waals surface area contributed by atoms with Gasteiger partial charge in [-0.15, -0.1) is 0 Å². The molecule has 0 spiro atoms. The predicted octanol–water partition coefficient (Wildman–Crippen LogP) is 5.86. The molecule has 186 valence electrons. The topological polar surface area (TPSA) is 63.2 Å². The second-order valence-electron chi connectivity index (χ2n) is 9.15. The summed E-state index contributed by atoms with van der Waals surface area (Å²) in [4.78, 5) is 12.7. The zero-order chi connectivity index (χ0) is 25.6. The average Bonchev–Trinajstić information content (AvgIpc) is 2.83. The Morgan fingerprint density at radius 1 is 0.686 bits per heavy atom. The number of ether oxygens (including phenoxy) is 5. The van der Waals surface area contributed by atoms with E-state index in [0.29, 0.717) is 29.4 Å². The van der Waals surface area contributed by atoms with Crippen LogP contribution in [0.15, 0.2) is 54.6 Å². The second kappa shape index (κ2) is 11.2. The Morgan fingerprint density at radius 2 is 1.17 bits per heavy atom. The lowest BCUT2D eigenvalue weighted by Crippen LogP contribution is -2.25. The van der Waals surface area contributed by atoms with E-state index in [1.54, 1.807) is 28.4 Å². The summed E-state index contributed by atoms with van der Waals surface area (Å²) in [7, 11) is 6.42. The first-order chi connectivity index (χ1) is 16.7. The van der Waals surface area contributed by atoms with Crippen molar-refractivity contribution < 1.29 is 28.5 Å². The Kier molecular flexibility index (Phi) is 8.28. The summed E-state index contributed by atoms with van der Waals surface area (Å²) < 4.78 is 27.8. The van der Waals surface area contributed by atoms with E-state index < -0.39 is 5.60 Å². The van der Waals surface area contributed by atoms with Crippen molar-refractivity contribution in [1.29, 1.82) is 0 Å². The molecule has 6 nitrogen and oxygen atoms in total. The number of rotatable bonds is 9. The molecule has 0 aliphatic rings. The van der Waals surface area contributed by atoms with E-state index in [1.165, 1.54) is 0 Å². The number of carbonyl (C=O) groups is 1. The van der Waals surface area contributed by atoms with E-state index in [4.69, 9.17) is 23.7 Å². The zero-order valence-corrected chi connectivity index (χ0v) is 21.6. The van der Waals surface area contributed by atoms with Crippen molar-refractivity contribution in [3.05, 3.63) is 71.3 Å². The average molecular weight is 479 g/mol. The van der Waals surface area contributed by atoms with E-state index in [0.717, 1.165) is 27.8 Å². The van der Waals surface area contributed by atoms with E-state index in [-0.39, 0.29) is 12.4 Å². The summed E-state index contributed by atoms with van der Waals surface area (Å²) in [6, 6.07) is 17.8. The zero-order valence-electron chi connectivity index (χ0n) is 21.6. The van der Waals surface area contributed by atoms with Gasteiger partial charge in [-0.2, -0.15) is 0 Å². The third-order valence-electron chi connectivity index (χ3n) is 5.54. The van der Waals surface area contributed by atoms with Gasteiger partial charge in [-0.3, -0.25) is 4.79 Å². The first-order valence-electron chi connectivity index (χ1n) is 11.4. The lowest BCUT2D eigenvalue weighted by atomic mass is 9.91. The number of esters is 1. The van der Waals surface area contributed by atoms with Crippen LogP contribution in [-0.2, 0) is 22.4 Å². The predicted molar refractivity (Wildman–Crippen MR) is 137 cm³/mol. The van der Waals surface area contributed by atoms with Gasteiger partial charge in [0.25, 0.3) is 0 Å². The van der Waals surface area contributed by atoms with Crippen LogP contribution in [0.4, 0.5) is 0 Å². The summed E-state index contributed by atoms with van der Waals surface area (Å²) in [5, 5.41) is 0. The van der Waals surface area contributed by atoms with E-state index in [2.05, 4.69) is 12.1 Å². The number of hydrogen-bond acceptors (Lipinski definition) is 6. The highest BCUT2D eigenvalue weighted by molar-refractivity contribution is 5.75. The van der Waals surface area contributed by atoms with E-state index in [1.807, 2.05) is 63.2 Å². The standard InChI is InChI=1S/C29H34O6/c1-29(2,3)35-28(30)17-21-15-25(32-5)24(31-4)14-20(21)13-22-16-26(33-6)27(34-7)18-23(22)19-11-9-8-10-12-19/h8-12,14-16,18H,13,17H2,1-7H3. The monoisotopic (exact) mass is 478 g/mol. The van der Waals surface area contributed by atoms with Crippen molar-refractivity contribution >= 4 is 5.97 Å². The van der Waals surface area contributed by atoms with Crippen LogP contribution in [0, 0.1) is 0 Å². The number of hydrogen-bond donors (Lipinski definition) is 0. The van der Waals surface area contributed by atoms with Gasteiger partial charge in [0.2, 0.25) is 0 Å². The Balaban J connectivity index is 2.13. The SMILES string of the molecule is COc1cc(CC(=O)OC(C)(C)C)c(Cc2cc(OC)c(OC)cc2-c2ccccc2)cc1OC.